The Bertz CT molecular complexity index is 1810. The Morgan fingerprint density at radius 3 is 2.49 bits per heavy atom. The quantitative estimate of drug-likeness (QED) is 0.260. The third-order valence-corrected chi connectivity index (χ3v) is 10.0. The number of hydrogen-bond acceptors (Lipinski definition) is 3. The van der Waals surface area contributed by atoms with Crippen LogP contribution in [0.1, 0.15) is 59.5 Å². The van der Waals surface area contributed by atoms with Crippen LogP contribution < -0.4 is 4.57 Å². The second kappa shape index (κ2) is 7.99. The van der Waals surface area contributed by atoms with Crippen molar-refractivity contribution in [2.24, 2.45) is 5.92 Å². The first-order chi connectivity index (χ1) is 17.9. The van der Waals surface area contributed by atoms with Gasteiger partial charge in [-0.3, -0.25) is 0 Å². The number of thiophene rings is 1. The predicted octanol–water partition coefficient (Wildman–Crippen LogP) is 7.55. The molecule has 1 saturated carbocycles. The molecule has 1 aliphatic carbocycles. The summed E-state index contributed by atoms with van der Waals surface area (Å²) < 4.78 is 3.77. The second-order valence-corrected chi connectivity index (χ2v) is 12.0. The Balaban J connectivity index is 1.57. The highest BCUT2D eigenvalue weighted by Crippen LogP contribution is 2.62. The predicted molar refractivity (Wildman–Crippen MR) is 151 cm³/mol. The minimum Gasteiger partial charge on any atom is -0.396 e. The molecule has 2 aromatic heterocycles. The van der Waals surface area contributed by atoms with E-state index in [1.54, 1.807) is 0 Å². The van der Waals surface area contributed by atoms with Gasteiger partial charge in [-0.05, 0) is 76.6 Å². The highest BCUT2D eigenvalue weighted by molar-refractivity contribution is 7.23. The molecule has 4 heteroatoms. The molecule has 37 heavy (non-hydrogen) atoms. The zero-order valence-corrected chi connectivity index (χ0v) is 22.4. The van der Waals surface area contributed by atoms with Gasteiger partial charge in [0.05, 0.1) is 35.6 Å². The number of pyridine rings is 1. The minimum absolute atomic E-state index is 0.207. The molecule has 0 spiro atoms. The topological polar surface area (TPSA) is 47.9 Å². The summed E-state index contributed by atoms with van der Waals surface area (Å²) >= 11 is 1.87. The maximum atomic E-state index is 10.4. The van der Waals surface area contributed by atoms with Crippen LogP contribution in [0.15, 0.2) is 60.8 Å². The normalized spacial score (nSPS) is 19.5. The van der Waals surface area contributed by atoms with Gasteiger partial charge in [0.2, 0.25) is 5.69 Å². The van der Waals surface area contributed by atoms with E-state index in [9.17, 15) is 10.4 Å². The average Bonchev–Trinajstić information content (AvgIpc) is 3.55. The molecule has 3 nitrogen and oxygen atoms in total. The van der Waals surface area contributed by atoms with E-state index in [1.807, 2.05) is 23.5 Å². The van der Waals surface area contributed by atoms with Gasteiger partial charge in [0, 0.05) is 16.3 Å². The number of rotatable bonds is 3. The van der Waals surface area contributed by atoms with Crippen molar-refractivity contribution >= 4 is 32.2 Å². The lowest BCUT2D eigenvalue weighted by Crippen LogP contribution is -2.38. The Kier molecular flexibility index (Phi) is 4.89. The van der Waals surface area contributed by atoms with E-state index in [0.29, 0.717) is 23.4 Å². The number of nitrogens with zero attached hydrogens (tertiary/aromatic N) is 2. The van der Waals surface area contributed by atoms with E-state index in [0.717, 1.165) is 5.56 Å². The number of aliphatic hydroxyl groups is 1. The number of aliphatic hydroxyl groups excluding tert-OH is 1. The third kappa shape index (κ3) is 3.05. The molecule has 2 aliphatic rings. The molecule has 0 amide bonds. The van der Waals surface area contributed by atoms with Gasteiger partial charge in [0.25, 0.3) is 0 Å². The van der Waals surface area contributed by atoms with Gasteiger partial charge >= 0.3 is 0 Å². The molecule has 3 unspecified atom stereocenters. The standard InChI is InChI=1S/C33H29N2OS/c1-17(2)25-14-26-28(24-8-6-5-7-23(24)25)29-27(16-36)30(29)35-12-11-22-19(4)32(37-33(22)31(26)35)21-10-9-20(15-34)13-18(21)3/h5-14,17,27,29-30,36H,16H2,1-4H3/q+1. The zero-order chi connectivity index (χ0) is 25.6. The molecule has 5 aromatic rings. The second-order valence-electron chi connectivity index (χ2n) is 11.0. The summed E-state index contributed by atoms with van der Waals surface area (Å²) in [6, 6.07) is 22.1. The highest BCUT2D eigenvalue weighted by Gasteiger charge is 2.63. The molecule has 0 saturated heterocycles. The fraction of sp³-hybridized carbons (Fsp3) is 0.273. The van der Waals surface area contributed by atoms with Crippen LogP contribution in [-0.2, 0) is 0 Å². The van der Waals surface area contributed by atoms with Crippen LogP contribution in [0.2, 0.25) is 0 Å². The van der Waals surface area contributed by atoms with Gasteiger partial charge in [-0.2, -0.15) is 9.83 Å². The van der Waals surface area contributed by atoms with Crippen molar-refractivity contribution < 1.29 is 9.67 Å². The summed E-state index contributed by atoms with van der Waals surface area (Å²) in [7, 11) is 0. The monoisotopic (exact) mass is 501 g/mol. The fourth-order valence-electron chi connectivity index (χ4n) is 6.80. The molecule has 1 fully saturated rings. The highest BCUT2D eigenvalue weighted by atomic mass is 32.1. The van der Waals surface area contributed by atoms with Crippen molar-refractivity contribution in [1.29, 1.82) is 5.26 Å². The summed E-state index contributed by atoms with van der Waals surface area (Å²) in [6.45, 7) is 9.09. The Morgan fingerprint density at radius 2 is 1.78 bits per heavy atom. The lowest BCUT2D eigenvalue weighted by atomic mass is 9.85. The van der Waals surface area contributed by atoms with Crippen LogP contribution in [0, 0.1) is 31.1 Å². The molecular formula is C33H29N2OS+. The molecule has 3 heterocycles. The summed E-state index contributed by atoms with van der Waals surface area (Å²) in [5.74, 6) is 1.01. The number of aromatic nitrogens is 1. The van der Waals surface area contributed by atoms with Crippen molar-refractivity contribution in [2.45, 2.75) is 45.6 Å². The van der Waals surface area contributed by atoms with E-state index in [1.165, 1.54) is 59.2 Å². The van der Waals surface area contributed by atoms with E-state index in [4.69, 9.17) is 0 Å². The van der Waals surface area contributed by atoms with E-state index >= 15 is 0 Å². The third-order valence-electron chi connectivity index (χ3n) is 8.66. The molecule has 1 aliphatic heterocycles. The van der Waals surface area contributed by atoms with Crippen molar-refractivity contribution in [3.63, 3.8) is 0 Å². The molecular weight excluding hydrogens is 472 g/mol. The number of fused-ring (bicyclic) bond motifs is 10. The van der Waals surface area contributed by atoms with Crippen LogP contribution >= 0.6 is 11.3 Å². The Labute approximate surface area is 221 Å². The van der Waals surface area contributed by atoms with Gasteiger partial charge < -0.3 is 5.11 Å². The van der Waals surface area contributed by atoms with Gasteiger partial charge in [-0.15, -0.1) is 11.3 Å². The molecule has 0 bridgehead atoms. The van der Waals surface area contributed by atoms with Crippen molar-refractivity contribution in [3.8, 4) is 27.8 Å². The smallest absolute Gasteiger partial charge is 0.231 e. The maximum absolute atomic E-state index is 10.4. The molecule has 0 radical (unpaired) electrons. The first-order valence-corrected chi connectivity index (χ1v) is 13.9. The summed E-state index contributed by atoms with van der Waals surface area (Å²) in [5, 5.41) is 23.7. The lowest BCUT2D eigenvalue weighted by molar-refractivity contribution is -0.693. The number of benzene rings is 3. The molecule has 1 N–H and O–H groups in total. The van der Waals surface area contributed by atoms with Crippen LogP contribution in [0.3, 0.4) is 0 Å². The van der Waals surface area contributed by atoms with E-state index in [-0.39, 0.29) is 12.5 Å². The van der Waals surface area contributed by atoms with Gasteiger partial charge in [0.15, 0.2) is 12.2 Å². The van der Waals surface area contributed by atoms with Crippen LogP contribution in [0.4, 0.5) is 0 Å². The summed E-state index contributed by atoms with van der Waals surface area (Å²) in [5.41, 5.74) is 9.74. The number of aryl methyl sites for hydroxylation is 2. The number of nitriles is 1. The van der Waals surface area contributed by atoms with Crippen molar-refractivity contribution in [1.82, 2.24) is 0 Å². The first kappa shape index (κ1) is 22.7. The Hall–Kier alpha value is -3.52. The zero-order valence-electron chi connectivity index (χ0n) is 21.5. The van der Waals surface area contributed by atoms with Crippen LogP contribution in [-0.4, -0.2) is 11.7 Å². The van der Waals surface area contributed by atoms with Crippen LogP contribution in [0.25, 0.3) is 42.6 Å². The van der Waals surface area contributed by atoms with E-state index in [2.05, 4.69) is 87.0 Å². The minimum atomic E-state index is 0.207. The van der Waals surface area contributed by atoms with Crippen molar-refractivity contribution in [3.05, 3.63) is 88.6 Å². The average molecular weight is 502 g/mol. The van der Waals surface area contributed by atoms with Gasteiger partial charge in [0.1, 0.15) is 4.70 Å². The summed E-state index contributed by atoms with van der Waals surface area (Å²) in [6.07, 6.45) is 2.26. The first-order valence-electron chi connectivity index (χ1n) is 13.1. The van der Waals surface area contributed by atoms with Gasteiger partial charge in [-0.1, -0.05) is 44.2 Å². The summed E-state index contributed by atoms with van der Waals surface area (Å²) in [4.78, 5) is 1.27. The number of hydrogen-bond donors (Lipinski definition) is 1. The largest absolute Gasteiger partial charge is 0.396 e. The van der Waals surface area contributed by atoms with Crippen molar-refractivity contribution in [2.75, 3.05) is 6.61 Å². The molecule has 3 atom stereocenters. The molecule has 182 valence electrons. The maximum Gasteiger partial charge on any atom is 0.231 e. The molecule has 7 rings (SSSR count). The fourth-order valence-corrected chi connectivity index (χ4v) is 8.25. The Morgan fingerprint density at radius 1 is 1.00 bits per heavy atom. The lowest BCUT2D eigenvalue weighted by Gasteiger charge is -2.21. The molecule has 3 aromatic carbocycles. The SMILES string of the molecule is Cc1cc(C#N)ccc1-c1sc2c3[n+](ccc2c1C)C1C(CO)C1c1c-3cc(C(C)C)c2ccccc12. The van der Waals surface area contributed by atoms with E-state index < -0.39 is 0 Å². The van der Waals surface area contributed by atoms with Crippen LogP contribution in [0.5, 0.6) is 0 Å². The van der Waals surface area contributed by atoms with Gasteiger partial charge in [-0.25, -0.2) is 0 Å².